The van der Waals surface area contributed by atoms with Crippen molar-refractivity contribution in [2.75, 3.05) is 0 Å². The van der Waals surface area contributed by atoms with E-state index >= 15 is 0 Å². The van der Waals surface area contributed by atoms with Gasteiger partial charge < -0.3 is 0 Å². The van der Waals surface area contributed by atoms with Crippen LogP contribution in [0.25, 0.3) is 22.3 Å². The maximum absolute atomic E-state index is 10.9. The Labute approximate surface area is 129 Å². The molecule has 0 aromatic heterocycles. The van der Waals surface area contributed by atoms with Gasteiger partial charge in [0.15, 0.2) is 0 Å². The van der Waals surface area contributed by atoms with Crippen LogP contribution < -0.4 is 0 Å². The molecular weight excluding hydrogens is 272 g/mol. The number of hydrogen-bond acceptors (Lipinski definition) is 2. The fraction of sp³-hybridized carbons (Fsp3) is 0. The fourth-order valence-corrected chi connectivity index (χ4v) is 2.46. The topological polar surface area (TPSA) is 34.1 Å². The molecule has 0 amide bonds. The van der Waals surface area contributed by atoms with Crippen LogP contribution in [0.5, 0.6) is 0 Å². The third-order valence-corrected chi connectivity index (χ3v) is 3.57. The van der Waals surface area contributed by atoms with Crippen molar-refractivity contribution in [2.45, 2.75) is 0 Å². The Kier molecular flexibility index (Phi) is 3.92. The average molecular weight is 286 g/mol. The molecule has 0 radical (unpaired) electrons. The third-order valence-electron chi connectivity index (χ3n) is 3.57. The molecule has 3 aromatic rings. The van der Waals surface area contributed by atoms with Gasteiger partial charge in [0.25, 0.3) is 0 Å². The zero-order valence-electron chi connectivity index (χ0n) is 11.9. The first kappa shape index (κ1) is 14.0. The molecule has 22 heavy (non-hydrogen) atoms. The summed E-state index contributed by atoms with van der Waals surface area (Å²) in [5, 5.41) is 0. The molecule has 0 fully saturated rings. The molecule has 2 heteroatoms. The lowest BCUT2D eigenvalue weighted by molar-refractivity contribution is 0.111. The lowest BCUT2D eigenvalue weighted by Gasteiger charge is -2.07. The van der Waals surface area contributed by atoms with E-state index in [-0.39, 0.29) is 0 Å². The van der Waals surface area contributed by atoms with Gasteiger partial charge in [0, 0.05) is 11.1 Å². The highest BCUT2D eigenvalue weighted by molar-refractivity contribution is 5.82. The van der Waals surface area contributed by atoms with Crippen LogP contribution >= 0.6 is 0 Å². The quantitative estimate of drug-likeness (QED) is 0.654. The van der Waals surface area contributed by atoms with Gasteiger partial charge in [-0.2, -0.15) is 0 Å². The molecule has 0 heterocycles. The van der Waals surface area contributed by atoms with Crippen molar-refractivity contribution in [3.05, 3.63) is 83.9 Å². The summed E-state index contributed by atoms with van der Waals surface area (Å²) < 4.78 is 0. The van der Waals surface area contributed by atoms with Crippen LogP contribution in [0, 0.1) is 0 Å². The Hall–Kier alpha value is -3.00. The van der Waals surface area contributed by atoms with Crippen molar-refractivity contribution in [1.82, 2.24) is 0 Å². The Morgan fingerprint density at radius 1 is 0.500 bits per heavy atom. The second-order valence-electron chi connectivity index (χ2n) is 5.07. The highest BCUT2D eigenvalue weighted by Gasteiger charge is 2.03. The summed E-state index contributed by atoms with van der Waals surface area (Å²) in [6.45, 7) is 0. The van der Waals surface area contributed by atoms with Crippen LogP contribution in [0.2, 0.25) is 0 Å². The lowest BCUT2D eigenvalue weighted by Crippen LogP contribution is -1.85. The van der Waals surface area contributed by atoms with Crippen LogP contribution in [-0.4, -0.2) is 12.6 Å². The van der Waals surface area contributed by atoms with Crippen LogP contribution in [0.15, 0.2) is 72.8 Å². The normalized spacial score (nSPS) is 10.2. The van der Waals surface area contributed by atoms with Gasteiger partial charge in [0.1, 0.15) is 12.6 Å². The van der Waals surface area contributed by atoms with Gasteiger partial charge in [0.2, 0.25) is 0 Å². The lowest BCUT2D eigenvalue weighted by atomic mass is 9.97. The maximum atomic E-state index is 10.9. The number of rotatable bonds is 4. The first-order chi connectivity index (χ1) is 10.8. The van der Waals surface area contributed by atoms with Crippen molar-refractivity contribution in [1.29, 1.82) is 0 Å². The largest absolute Gasteiger partial charge is 0.298 e. The fourth-order valence-electron chi connectivity index (χ4n) is 2.46. The van der Waals surface area contributed by atoms with E-state index < -0.39 is 0 Å². The van der Waals surface area contributed by atoms with Gasteiger partial charge in [0.05, 0.1) is 0 Å². The summed E-state index contributed by atoms with van der Waals surface area (Å²) in [7, 11) is 0. The zero-order valence-corrected chi connectivity index (χ0v) is 11.9. The molecular formula is C20H14O2. The monoisotopic (exact) mass is 286 g/mol. The first-order valence-electron chi connectivity index (χ1n) is 7.01. The van der Waals surface area contributed by atoms with Crippen molar-refractivity contribution >= 4 is 12.6 Å². The van der Waals surface area contributed by atoms with Crippen LogP contribution in [-0.2, 0) is 0 Å². The Morgan fingerprint density at radius 2 is 0.864 bits per heavy atom. The second kappa shape index (κ2) is 6.19. The SMILES string of the molecule is O=Cc1cccc(-c2cccc(-c3cccc(C=O)c3)c2)c1. The standard InChI is InChI=1S/C20H14O2/c21-13-15-4-1-6-17(10-15)19-8-3-9-20(12-19)18-7-2-5-16(11-18)14-22/h1-14H. The minimum atomic E-state index is 0.658. The molecule has 0 bridgehead atoms. The Bertz CT molecular complexity index is 768. The smallest absolute Gasteiger partial charge is 0.150 e. The molecule has 0 N–H and O–H groups in total. The van der Waals surface area contributed by atoms with Crippen molar-refractivity contribution < 1.29 is 9.59 Å². The first-order valence-corrected chi connectivity index (χ1v) is 7.01. The van der Waals surface area contributed by atoms with Crippen molar-refractivity contribution in [3.8, 4) is 22.3 Å². The minimum absolute atomic E-state index is 0.658. The highest BCUT2D eigenvalue weighted by atomic mass is 16.1. The highest BCUT2D eigenvalue weighted by Crippen LogP contribution is 2.27. The average Bonchev–Trinajstić information content (AvgIpc) is 2.62. The maximum Gasteiger partial charge on any atom is 0.150 e. The predicted molar refractivity (Wildman–Crippen MR) is 88.1 cm³/mol. The number of aldehydes is 2. The van der Waals surface area contributed by atoms with E-state index in [4.69, 9.17) is 0 Å². The molecule has 3 rings (SSSR count). The van der Waals surface area contributed by atoms with E-state index in [0.29, 0.717) is 11.1 Å². The molecule has 0 saturated carbocycles. The summed E-state index contributed by atoms with van der Waals surface area (Å²) >= 11 is 0. The zero-order chi connectivity index (χ0) is 15.4. The molecule has 3 aromatic carbocycles. The molecule has 0 unspecified atom stereocenters. The van der Waals surface area contributed by atoms with Crippen LogP contribution in [0.1, 0.15) is 20.7 Å². The number of benzene rings is 3. The van der Waals surface area contributed by atoms with Gasteiger partial charge in [-0.3, -0.25) is 9.59 Å². The summed E-state index contributed by atoms with van der Waals surface area (Å²) in [5.74, 6) is 0. The second-order valence-corrected chi connectivity index (χ2v) is 5.07. The van der Waals surface area contributed by atoms with Crippen LogP contribution in [0.3, 0.4) is 0 Å². The van der Waals surface area contributed by atoms with Gasteiger partial charge in [-0.05, 0) is 40.5 Å². The van der Waals surface area contributed by atoms with E-state index in [2.05, 4.69) is 6.07 Å². The van der Waals surface area contributed by atoms with Crippen LogP contribution in [0.4, 0.5) is 0 Å². The van der Waals surface area contributed by atoms with E-state index in [1.807, 2.05) is 54.6 Å². The van der Waals surface area contributed by atoms with E-state index in [1.165, 1.54) is 0 Å². The molecule has 0 atom stereocenters. The number of carbonyl (C=O) groups excluding carboxylic acids is 2. The summed E-state index contributed by atoms with van der Waals surface area (Å²) in [6.07, 6.45) is 1.70. The summed E-state index contributed by atoms with van der Waals surface area (Å²) in [6, 6.07) is 23.1. The van der Waals surface area contributed by atoms with E-state index in [0.717, 1.165) is 34.8 Å². The van der Waals surface area contributed by atoms with Gasteiger partial charge in [-0.15, -0.1) is 0 Å². The predicted octanol–water partition coefficient (Wildman–Crippen LogP) is 4.65. The molecule has 0 saturated heterocycles. The van der Waals surface area contributed by atoms with E-state index in [9.17, 15) is 9.59 Å². The molecule has 0 aliphatic rings. The minimum Gasteiger partial charge on any atom is -0.298 e. The Morgan fingerprint density at radius 3 is 1.27 bits per heavy atom. The molecule has 0 aliphatic carbocycles. The van der Waals surface area contributed by atoms with Crippen molar-refractivity contribution in [3.63, 3.8) is 0 Å². The molecule has 0 aliphatic heterocycles. The number of carbonyl (C=O) groups is 2. The number of hydrogen-bond donors (Lipinski definition) is 0. The third kappa shape index (κ3) is 2.86. The molecule has 2 nitrogen and oxygen atoms in total. The summed E-state index contributed by atoms with van der Waals surface area (Å²) in [5.41, 5.74) is 5.39. The van der Waals surface area contributed by atoms with Gasteiger partial charge in [-0.25, -0.2) is 0 Å². The van der Waals surface area contributed by atoms with Gasteiger partial charge in [-0.1, -0.05) is 54.6 Å². The van der Waals surface area contributed by atoms with E-state index in [1.54, 1.807) is 12.1 Å². The van der Waals surface area contributed by atoms with Crippen molar-refractivity contribution in [2.24, 2.45) is 0 Å². The molecule has 106 valence electrons. The molecule has 0 spiro atoms. The Balaban J connectivity index is 2.05. The summed E-state index contributed by atoms with van der Waals surface area (Å²) in [4.78, 5) is 21.8. The van der Waals surface area contributed by atoms with Gasteiger partial charge >= 0.3 is 0 Å².